The smallest absolute Gasteiger partial charge is 0.174 e. The van der Waals surface area contributed by atoms with Crippen LogP contribution in [0, 0.1) is 0 Å². The van der Waals surface area contributed by atoms with Gasteiger partial charge in [-0.1, -0.05) is 6.07 Å². The van der Waals surface area contributed by atoms with Crippen molar-refractivity contribution in [2.45, 2.75) is 0 Å². The molecule has 1 aromatic heterocycles. The van der Waals surface area contributed by atoms with E-state index in [0.717, 1.165) is 0 Å². The van der Waals surface area contributed by atoms with E-state index in [0.29, 0.717) is 5.82 Å². The van der Waals surface area contributed by atoms with E-state index in [9.17, 15) is 5.11 Å². The fraction of sp³-hybridized carbons (Fsp3) is 0. The van der Waals surface area contributed by atoms with E-state index in [4.69, 9.17) is 5.11 Å². The molecular formula is C11H11N3NaO3. The summed E-state index contributed by atoms with van der Waals surface area (Å²) in [5, 5.41) is 26.2. The van der Waals surface area contributed by atoms with Crippen molar-refractivity contribution < 1.29 is 15.7 Å². The average molecular weight is 256 g/mol. The van der Waals surface area contributed by atoms with Crippen molar-refractivity contribution >= 4 is 41.1 Å². The summed E-state index contributed by atoms with van der Waals surface area (Å²) in [7, 11) is 0. The van der Waals surface area contributed by atoms with Crippen LogP contribution in [0.4, 0.5) is 11.5 Å². The van der Waals surface area contributed by atoms with Crippen molar-refractivity contribution in [2.24, 2.45) is 10.2 Å². The maximum Gasteiger partial charge on any atom is 0.174 e. The molecule has 2 rings (SSSR count). The van der Waals surface area contributed by atoms with Gasteiger partial charge in [0.2, 0.25) is 0 Å². The van der Waals surface area contributed by atoms with Gasteiger partial charge in [0.1, 0.15) is 17.2 Å². The number of phenols is 2. The van der Waals surface area contributed by atoms with Gasteiger partial charge in [-0.3, -0.25) is 0 Å². The minimum absolute atomic E-state index is 0. The number of phenolic OH excluding ortho intramolecular Hbond substituents is 2. The van der Waals surface area contributed by atoms with Gasteiger partial charge in [0, 0.05) is 41.8 Å². The summed E-state index contributed by atoms with van der Waals surface area (Å²) in [6, 6.07) is 9.35. The van der Waals surface area contributed by atoms with E-state index in [1.807, 2.05) is 0 Å². The molecule has 1 aromatic carbocycles. The Labute approximate surface area is 126 Å². The van der Waals surface area contributed by atoms with Crippen LogP contribution in [0.2, 0.25) is 0 Å². The van der Waals surface area contributed by atoms with Crippen molar-refractivity contribution in [3.63, 3.8) is 0 Å². The molecule has 0 aliphatic carbocycles. The maximum atomic E-state index is 9.44. The van der Waals surface area contributed by atoms with Gasteiger partial charge in [-0.25, -0.2) is 4.98 Å². The second kappa shape index (κ2) is 7.78. The second-order valence-corrected chi connectivity index (χ2v) is 3.06. The normalized spacial score (nSPS) is 9.56. The Morgan fingerprint density at radius 3 is 2.39 bits per heavy atom. The average Bonchev–Trinajstić information content (AvgIpc) is 2.29. The van der Waals surface area contributed by atoms with Gasteiger partial charge in [0.15, 0.2) is 5.82 Å². The van der Waals surface area contributed by atoms with E-state index in [1.165, 1.54) is 18.2 Å². The summed E-state index contributed by atoms with van der Waals surface area (Å²) in [4.78, 5) is 3.95. The molecule has 2 aromatic rings. The van der Waals surface area contributed by atoms with Crippen molar-refractivity contribution in [3.8, 4) is 11.5 Å². The zero-order valence-corrected chi connectivity index (χ0v) is 11.8. The summed E-state index contributed by atoms with van der Waals surface area (Å²) in [6.45, 7) is 0. The van der Waals surface area contributed by atoms with E-state index in [-0.39, 0.29) is 52.2 Å². The van der Waals surface area contributed by atoms with Crippen molar-refractivity contribution in [1.29, 1.82) is 0 Å². The van der Waals surface area contributed by atoms with E-state index in [1.54, 1.807) is 24.4 Å². The summed E-state index contributed by atoms with van der Waals surface area (Å²) in [5.41, 5.74) is 0.281. The quantitative estimate of drug-likeness (QED) is 0.630. The number of aromatic nitrogens is 1. The van der Waals surface area contributed by atoms with Crippen molar-refractivity contribution in [1.82, 2.24) is 4.98 Å². The van der Waals surface area contributed by atoms with Crippen LogP contribution >= 0.6 is 0 Å². The zero-order valence-electron chi connectivity index (χ0n) is 9.78. The molecule has 0 aliphatic rings. The third-order valence-corrected chi connectivity index (χ3v) is 1.87. The third-order valence-electron chi connectivity index (χ3n) is 1.87. The van der Waals surface area contributed by atoms with Crippen LogP contribution < -0.4 is 0 Å². The molecule has 0 spiro atoms. The zero-order chi connectivity index (χ0) is 11.4. The molecule has 89 valence electrons. The largest absolute Gasteiger partial charge is 0.508 e. The van der Waals surface area contributed by atoms with Gasteiger partial charge in [0.05, 0.1) is 0 Å². The summed E-state index contributed by atoms with van der Waals surface area (Å²) in [6.07, 6.45) is 1.60. The molecule has 0 fully saturated rings. The first-order valence-electron chi connectivity index (χ1n) is 4.60. The molecule has 1 radical (unpaired) electrons. The first kappa shape index (κ1) is 16.5. The number of hydrogen-bond acceptors (Lipinski definition) is 5. The predicted octanol–water partition coefficient (Wildman–Crippen LogP) is 1.70. The fourth-order valence-corrected chi connectivity index (χ4v) is 1.11. The van der Waals surface area contributed by atoms with Crippen molar-refractivity contribution in [2.75, 3.05) is 0 Å². The molecule has 0 unspecified atom stereocenters. The molecule has 0 atom stereocenters. The monoisotopic (exact) mass is 256 g/mol. The number of pyridine rings is 1. The molecule has 4 N–H and O–H groups in total. The Bertz CT molecular complexity index is 520. The van der Waals surface area contributed by atoms with E-state index in [2.05, 4.69) is 15.2 Å². The van der Waals surface area contributed by atoms with E-state index >= 15 is 0 Å². The number of rotatable bonds is 2. The topological polar surface area (TPSA) is 110 Å². The number of nitrogens with zero attached hydrogens (tertiary/aromatic N) is 3. The number of aromatic hydroxyl groups is 2. The standard InChI is InChI=1S/C11H9N3O2.Na.H2O/c15-8-4-5-9(10(16)7-8)13-14-11-3-1-2-6-12-11;;/h1-7,15-16H;;1H2. The SMILES string of the molecule is O.Oc1ccc(N=Nc2ccccn2)c(O)c1.[Na]. The maximum absolute atomic E-state index is 9.44. The van der Waals surface area contributed by atoms with Gasteiger partial charge in [0.25, 0.3) is 0 Å². The Morgan fingerprint density at radius 2 is 1.78 bits per heavy atom. The molecule has 18 heavy (non-hydrogen) atoms. The molecule has 0 saturated heterocycles. The summed E-state index contributed by atoms with van der Waals surface area (Å²) in [5.74, 6) is 0.309. The molecule has 0 bridgehead atoms. The Hall–Kier alpha value is -1.47. The van der Waals surface area contributed by atoms with Crippen LogP contribution in [0.5, 0.6) is 11.5 Å². The fourth-order valence-electron chi connectivity index (χ4n) is 1.11. The molecule has 0 amide bonds. The predicted molar refractivity (Wildman–Crippen MR) is 67.6 cm³/mol. The van der Waals surface area contributed by atoms with Gasteiger partial charge in [-0.2, -0.15) is 0 Å². The number of hydrogen-bond donors (Lipinski definition) is 2. The first-order valence-corrected chi connectivity index (χ1v) is 4.60. The summed E-state index contributed by atoms with van der Waals surface area (Å²) >= 11 is 0. The molecule has 0 aliphatic heterocycles. The Morgan fingerprint density at radius 1 is 1.00 bits per heavy atom. The molecule has 1 heterocycles. The van der Waals surface area contributed by atoms with Crippen LogP contribution in [-0.4, -0.2) is 50.2 Å². The first-order chi connectivity index (χ1) is 7.75. The van der Waals surface area contributed by atoms with E-state index < -0.39 is 0 Å². The van der Waals surface area contributed by atoms with Gasteiger partial charge >= 0.3 is 0 Å². The van der Waals surface area contributed by atoms with Crippen LogP contribution in [0.15, 0.2) is 52.8 Å². The molecule has 7 heteroatoms. The minimum Gasteiger partial charge on any atom is -0.508 e. The molecule has 6 nitrogen and oxygen atoms in total. The second-order valence-electron chi connectivity index (χ2n) is 3.06. The third kappa shape index (κ3) is 4.42. The van der Waals surface area contributed by atoms with Crippen LogP contribution in [-0.2, 0) is 0 Å². The molecular weight excluding hydrogens is 245 g/mol. The number of azo groups is 1. The van der Waals surface area contributed by atoms with Gasteiger partial charge in [-0.15, -0.1) is 10.2 Å². The van der Waals surface area contributed by atoms with Gasteiger partial charge in [-0.05, 0) is 24.3 Å². The van der Waals surface area contributed by atoms with Gasteiger partial charge < -0.3 is 15.7 Å². The molecule has 0 saturated carbocycles. The van der Waals surface area contributed by atoms with Crippen molar-refractivity contribution in [3.05, 3.63) is 42.6 Å². The van der Waals surface area contributed by atoms with Crippen LogP contribution in [0.25, 0.3) is 0 Å². The Kier molecular flexibility index (Phi) is 7.14. The minimum atomic E-state index is -0.125. The Balaban J connectivity index is 0.00000144. The number of benzene rings is 1. The van der Waals surface area contributed by atoms with Crippen LogP contribution in [0.1, 0.15) is 0 Å². The van der Waals surface area contributed by atoms with Crippen LogP contribution in [0.3, 0.4) is 0 Å². The summed E-state index contributed by atoms with van der Waals surface area (Å²) < 4.78 is 0.